The molecule has 1 aromatic heterocycles. The lowest BCUT2D eigenvalue weighted by molar-refractivity contribution is -0.141. The zero-order chi connectivity index (χ0) is 17.3. The fraction of sp³-hybridized carbons (Fsp3) is 0.200. The van der Waals surface area contributed by atoms with Crippen LogP contribution in [0, 0.1) is 0 Å². The molecule has 1 N–H and O–H groups in total. The van der Waals surface area contributed by atoms with E-state index in [1.807, 2.05) is 0 Å². The molecule has 0 spiro atoms. The first-order valence-electron chi connectivity index (χ1n) is 6.84. The van der Waals surface area contributed by atoms with E-state index in [2.05, 4.69) is 14.7 Å². The van der Waals surface area contributed by atoms with E-state index >= 15 is 0 Å². The van der Waals surface area contributed by atoms with Crippen LogP contribution in [-0.2, 0) is 17.2 Å². The summed E-state index contributed by atoms with van der Waals surface area (Å²) in [5.41, 5.74) is -0.448. The van der Waals surface area contributed by atoms with Crippen molar-refractivity contribution in [3.05, 3.63) is 59.7 Å². The Bertz CT molecular complexity index is 781. The maximum absolute atomic E-state index is 13.7. The molecular formula is C15H11F4N3OS. The van der Waals surface area contributed by atoms with Gasteiger partial charge in [0.2, 0.25) is 0 Å². The number of allylic oxidation sites excluding steroid dienone is 3. The number of dihydropyridines is 1. The highest BCUT2D eigenvalue weighted by molar-refractivity contribution is 7.83. The Morgan fingerprint density at radius 3 is 2.71 bits per heavy atom. The third-order valence-corrected chi connectivity index (χ3v) is 4.59. The average molecular weight is 357 g/mol. The summed E-state index contributed by atoms with van der Waals surface area (Å²) in [4.78, 5) is 7.53. The molecule has 2 heterocycles. The number of nitrogens with zero attached hydrogens (tertiary/aromatic N) is 2. The van der Waals surface area contributed by atoms with Gasteiger partial charge in [-0.25, -0.2) is 13.3 Å². The summed E-state index contributed by atoms with van der Waals surface area (Å²) >= 11 is 0. The van der Waals surface area contributed by atoms with Gasteiger partial charge in [-0.1, -0.05) is 6.08 Å². The van der Waals surface area contributed by atoms with E-state index in [1.54, 1.807) is 18.4 Å². The molecule has 9 heteroatoms. The molecule has 4 nitrogen and oxygen atoms in total. The van der Waals surface area contributed by atoms with E-state index in [9.17, 15) is 21.8 Å². The van der Waals surface area contributed by atoms with Crippen molar-refractivity contribution in [3.8, 4) is 0 Å². The molecule has 0 saturated carbocycles. The fourth-order valence-electron chi connectivity index (χ4n) is 2.33. The summed E-state index contributed by atoms with van der Waals surface area (Å²) in [6, 6.07) is 0.692. The minimum absolute atomic E-state index is 0.0586. The van der Waals surface area contributed by atoms with Crippen LogP contribution >= 0.6 is 0 Å². The van der Waals surface area contributed by atoms with Crippen molar-refractivity contribution in [3.63, 3.8) is 0 Å². The van der Waals surface area contributed by atoms with Crippen LogP contribution in [0.5, 0.6) is 0 Å². The number of aromatic nitrogens is 1. The summed E-state index contributed by atoms with van der Waals surface area (Å²) in [5, 5.41) is 0. The van der Waals surface area contributed by atoms with Crippen LogP contribution in [0.2, 0.25) is 0 Å². The lowest BCUT2D eigenvalue weighted by Gasteiger charge is -2.27. The number of hydrogen-bond donors (Lipinski definition) is 1. The van der Waals surface area contributed by atoms with Gasteiger partial charge < -0.3 is 0 Å². The molecule has 0 aromatic carbocycles. The van der Waals surface area contributed by atoms with Gasteiger partial charge in [0.15, 0.2) is 0 Å². The van der Waals surface area contributed by atoms with Crippen molar-refractivity contribution < 1.29 is 21.8 Å². The van der Waals surface area contributed by atoms with Crippen LogP contribution in [0.4, 0.5) is 17.6 Å². The molecule has 2 aliphatic rings. The Morgan fingerprint density at radius 2 is 2.04 bits per heavy atom. The van der Waals surface area contributed by atoms with Crippen molar-refractivity contribution in [2.45, 2.75) is 23.2 Å². The summed E-state index contributed by atoms with van der Waals surface area (Å²) in [6.07, 6.45) is 3.80. The second-order valence-corrected chi connectivity index (χ2v) is 6.33. The highest BCUT2D eigenvalue weighted by atomic mass is 32.2. The highest BCUT2D eigenvalue weighted by Crippen LogP contribution is 2.28. The summed E-state index contributed by atoms with van der Waals surface area (Å²) in [5.74, 6) is -0.497. The van der Waals surface area contributed by atoms with Gasteiger partial charge in [-0.2, -0.15) is 13.2 Å². The van der Waals surface area contributed by atoms with Gasteiger partial charge in [-0.15, -0.1) is 0 Å². The predicted molar refractivity (Wildman–Crippen MR) is 81.3 cm³/mol. The molecule has 1 aliphatic carbocycles. The number of hydrogen-bond acceptors (Lipinski definition) is 3. The molecule has 3 atom stereocenters. The van der Waals surface area contributed by atoms with Gasteiger partial charge in [0.25, 0.3) is 0 Å². The molecular weight excluding hydrogens is 346 g/mol. The fourth-order valence-corrected chi connectivity index (χ4v) is 3.25. The Hall–Kier alpha value is -2.13. The van der Waals surface area contributed by atoms with Gasteiger partial charge in [-0.05, 0) is 35.9 Å². The van der Waals surface area contributed by atoms with E-state index in [0.29, 0.717) is 5.57 Å². The largest absolute Gasteiger partial charge is 0.433 e. The third kappa shape index (κ3) is 3.51. The van der Waals surface area contributed by atoms with E-state index in [1.165, 1.54) is 12.2 Å². The number of aliphatic imine (C=N–C) groups is 1. The van der Waals surface area contributed by atoms with E-state index in [0.717, 1.165) is 18.3 Å². The van der Waals surface area contributed by atoms with Crippen molar-refractivity contribution in [2.24, 2.45) is 4.99 Å². The first kappa shape index (κ1) is 16.7. The Kier molecular flexibility index (Phi) is 4.46. The Labute approximate surface area is 137 Å². The van der Waals surface area contributed by atoms with E-state index in [4.69, 9.17) is 0 Å². The maximum Gasteiger partial charge on any atom is 0.433 e. The Balaban J connectivity index is 1.76. The van der Waals surface area contributed by atoms with Crippen LogP contribution in [0.3, 0.4) is 0 Å². The first-order valence-corrected chi connectivity index (χ1v) is 7.99. The van der Waals surface area contributed by atoms with Crippen LogP contribution < -0.4 is 4.72 Å². The van der Waals surface area contributed by atoms with Crippen molar-refractivity contribution in [1.82, 2.24) is 9.71 Å². The molecule has 0 fully saturated rings. The molecule has 1 aromatic rings. The molecule has 0 amide bonds. The van der Waals surface area contributed by atoms with Crippen LogP contribution in [0.1, 0.15) is 5.69 Å². The molecule has 0 radical (unpaired) electrons. The Morgan fingerprint density at radius 1 is 1.25 bits per heavy atom. The van der Waals surface area contributed by atoms with E-state index in [-0.39, 0.29) is 4.90 Å². The minimum Gasteiger partial charge on any atom is -0.283 e. The molecule has 0 bridgehead atoms. The van der Waals surface area contributed by atoms with Gasteiger partial charge in [0.1, 0.15) is 22.5 Å². The zero-order valence-corrected chi connectivity index (χ0v) is 12.8. The summed E-state index contributed by atoms with van der Waals surface area (Å²) < 4.78 is 66.1. The SMILES string of the molecule is O=S(NC1C=C(F)C=C2C=CC=NC21)c1ccc(C(F)(F)F)nc1. The molecule has 1 aliphatic heterocycles. The molecule has 24 heavy (non-hydrogen) atoms. The zero-order valence-electron chi connectivity index (χ0n) is 12.0. The van der Waals surface area contributed by atoms with Crippen molar-refractivity contribution >= 4 is 17.2 Å². The topological polar surface area (TPSA) is 54.4 Å². The molecule has 3 rings (SSSR count). The minimum atomic E-state index is -4.56. The normalized spacial score (nSPS) is 24.2. The lowest BCUT2D eigenvalue weighted by atomic mass is 9.93. The monoisotopic (exact) mass is 357 g/mol. The van der Waals surface area contributed by atoms with Gasteiger partial charge in [-0.3, -0.25) is 9.98 Å². The van der Waals surface area contributed by atoms with Crippen LogP contribution in [-0.4, -0.2) is 27.5 Å². The number of rotatable bonds is 3. The number of halogens is 4. The number of nitrogens with one attached hydrogen (secondary N) is 1. The second kappa shape index (κ2) is 6.40. The van der Waals surface area contributed by atoms with Crippen molar-refractivity contribution in [2.75, 3.05) is 0 Å². The third-order valence-electron chi connectivity index (χ3n) is 3.43. The summed E-state index contributed by atoms with van der Waals surface area (Å²) in [6.45, 7) is 0. The quantitative estimate of drug-likeness (QED) is 0.846. The highest BCUT2D eigenvalue weighted by Gasteiger charge is 2.33. The van der Waals surface area contributed by atoms with Gasteiger partial charge in [0.05, 0.1) is 17.0 Å². The number of fused-ring (bicyclic) bond motifs is 1. The summed E-state index contributed by atoms with van der Waals surface area (Å²) in [7, 11) is -1.86. The lowest BCUT2D eigenvalue weighted by Crippen LogP contribution is -2.41. The van der Waals surface area contributed by atoms with Crippen LogP contribution in [0.15, 0.2) is 63.9 Å². The number of alkyl halides is 3. The van der Waals surface area contributed by atoms with Gasteiger partial charge in [0, 0.05) is 12.4 Å². The maximum atomic E-state index is 13.7. The van der Waals surface area contributed by atoms with Gasteiger partial charge >= 0.3 is 6.18 Å². The van der Waals surface area contributed by atoms with E-state index < -0.39 is 40.8 Å². The first-order chi connectivity index (χ1) is 11.3. The average Bonchev–Trinajstić information content (AvgIpc) is 2.54. The molecule has 0 saturated heterocycles. The smallest absolute Gasteiger partial charge is 0.283 e. The number of pyridine rings is 1. The molecule has 3 unspecified atom stereocenters. The van der Waals surface area contributed by atoms with Crippen LogP contribution in [0.25, 0.3) is 0 Å². The molecule has 126 valence electrons. The second-order valence-electron chi connectivity index (χ2n) is 5.09. The predicted octanol–water partition coefficient (Wildman–Crippen LogP) is 2.88. The standard InChI is InChI=1S/C15H11F4N3OS/c16-10-6-9-2-1-5-20-14(9)12(7-10)22-24(23)11-3-4-13(21-8-11)15(17,18)19/h1-8,12,14,22H. The van der Waals surface area contributed by atoms with Crippen molar-refractivity contribution in [1.29, 1.82) is 0 Å².